The maximum Gasteiger partial charge on any atom is 0.318 e. The van der Waals surface area contributed by atoms with Crippen molar-refractivity contribution < 1.29 is 9.21 Å². The van der Waals surface area contributed by atoms with E-state index in [-0.39, 0.29) is 18.5 Å². The Bertz CT molecular complexity index is 405. The summed E-state index contributed by atoms with van der Waals surface area (Å²) in [5.74, 6) is 0.533. The van der Waals surface area contributed by atoms with Crippen LogP contribution in [0.3, 0.4) is 0 Å². The Balaban J connectivity index is 2.81. The highest BCUT2D eigenvalue weighted by Crippen LogP contribution is 2.17. The Morgan fingerprint density at radius 2 is 2.11 bits per heavy atom. The maximum atomic E-state index is 11.8. The lowest BCUT2D eigenvalue weighted by Crippen LogP contribution is -2.37. The second-order valence-corrected chi connectivity index (χ2v) is 4.64. The zero-order valence-corrected chi connectivity index (χ0v) is 12.3. The van der Waals surface area contributed by atoms with Gasteiger partial charge in [-0.1, -0.05) is 12.0 Å². The summed E-state index contributed by atoms with van der Waals surface area (Å²) in [7, 11) is 5.29. The van der Waals surface area contributed by atoms with Crippen LogP contribution < -0.4 is 10.2 Å². The summed E-state index contributed by atoms with van der Waals surface area (Å²) in [6.45, 7) is 4.93. The molecule has 0 aliphatic carbocycles. The van der Waals surface area contributed by atoms with E-state index in [1.54, 1.807) is 23.9 Å². The van der Waals surface area contributed by atoms with Gasteiger partial charge in [0.2, 0.25) is 11.8 Å². The van der Waals surface area contributed by atoms with Crippen LogP contribution in [0.25, 0.3) is 0 Å². The van der Waals surface area contributed by atoms with Crippen molar-refractivity contribution in [2.45, 2.75) is 26.3 Å². The molecular weight excluding hydrogens is 246 g/mol. The molecule has 19 heavy (non-hydrogen) atoms. The number of hydrogen-bond donors (Lipinski definition) is 1. The highest BCUT2D eigenvalue weighted by Gasteiger charge is 2.19. The van der Waals surface area contributed by atoms with Gasteiger partial charge in [0.05, 0.1) is 6.04 Å². The quantitative estimate of drug-likeness (QED) is 0.783. The van der Waals surface area contributed by atoms with E-state index in [1.807, 2.05) is 20.9 Å². The molecule has 1 unspecified atom stereocenters. The summed E-state index contributed by atoms with van der Waals surface area (Å²) in [6.07, 6.45) is 0.903. The van der Waals surface area contributed by atoms with Crippen LogP contribution in [-0.2, 0) is 4.79 Å². The van der Waals surface area contributed by atoms with E-state index in [0.717, 1.165) is 6.42 Å². The van der Waals surface area contributed by atoms with E-state index in [4.69, 9.17) is 4.42 Å². The lowest BCUT2D eigenvalue weighted by atomic mass is 10.3. The summed E-state index contributed by atoms with van der Waals surface area (Å²) in [5.41, 5.74) is 0. The van der Waals surface area contributed by atoms with Crippen molar-refractivity contribution in [3.8, 4) is 0 Å². The molecule has 0 fully saturated rings. The summed E-state index contributed by atoms with van der Waals surface area (Å²) in [5, 5.41) is 11.0. The molecule has 0 aliphatic heterocycles. The van der Waals surface area contributed by atoms with Crippen LogP contribution >= 0.6 is 0 Å². The normalized spacial score (nSPS) is 12.3. The molecule has 108 valence electrons. The molecule has 1 aromatic rings. The molecule has 1 rings (SSSR count). The summed E-state index contributed by atoms with van der Waals surface area (Å²) in [4.78, 5) is 15.1. The standard InChI is InChI=1S/C12H23N5O2/c1-6-7-17(8-10(18)16(4)5)12-15-14-11(19-12)9(2)13-3/h9,13H,6-8H2,1-5H3. The largest absolute Gasteiger partial charge is 0.406 e. The van der Waals surface area contributed by atoms with E-state index < -0.39 is 0 Å². The molecule has 1 heterocycles. The van der Waals surface area contributed by atoms with E-state index in [0.29, 0.717) is 18.5 Å². The second kappa shape index (κ2) is 7.08. The third-order valence-corrected chi connectivity index (χ3v) is 2.82. The average Bonchev–Trinajstić information content (AvgIpc) is 2.86. The van der Waals surface area contributed by atoms with E-state index in [1.165, 1.54) is 0 Å². The molecule has 0 aliphatic rings. The number of carbonyl (C=O) groups is 1. The van der Waals surface area contributed by atoms with Gasteiger partial charge in [0.1, 0.15) is 6.54 Å². The zero-order chi connectivity index (χ0) is 14.4. The molecule has 0 radical (unpaired) electrons. The zero-order valence-electron chi connectivity index (χ0n) is 12.3. The number of carbonyl (C=O) groups excluding carboxylic acids is 1. The minimum Gasteiger partial charge on any atom is -0.406 e. The fourth-order valence-electron chi connectivity index (χ4n) is 1.47. The molecule has 1 aromatic heterocycles. The maximum absolute atomic E-state index is 11.8. The Kier molecular flexibility index (Phi) is 5.75. The number of hydrogen-bond acceptors (Lipinski definition) is 6. The Hall–Kier alpha value is -1.63. The number of amides is 1. The van der Waals surface area contributed by atoms with Crippen molar-refractivity contribution in [2.24, 2.45) is 0 Å². The average molecular weight is 269 g/mol. The van der Waals surface area contributed by atoms with Crippen LogP contribution in [0.2, 0.25) is 0 Å². The van der Waals surface area contributed by atoms with Gasteiger partial charge in [-0.2, -0.15) is 0 Å². The SMILES string of the molecule is CCCN(CC(=O)N(C)C)c1nnc(C(C)NC)o1. The molecule has 0 spiro atoms. The molecule has 0 bridgehead atoms. The molecule has 1 atom stereocenters. The number of rotatable bonds is 7. The predicted molar refractivity (Wildman–Crippen MR) is 73.0 cm³/mol. The van der Waals surface area contributed by atoms with Crippen LogP contribution in [0.4, 0.5) is 6.01 Å². The molecule has 0 saturated carbocycles. The predicted octanol–water partition coefficient (Wildman–Crippen LogP) is 0.655. The lowest BCUT2D eigenvalue weighted by molar-refractivity contribution is -0.127. The molecule has 7 heteroatoms. The van der Waals surface area contributed by atoms with Crippen LogP contribution in [0.15, 0.2) is 4.42 Å². The number of likely N-dealkylation sites (N-methyl/N-ethyl adjacent to an activating group) is 1. The summed E-state index contributed by atoms with van der Waals surface area (Å²) in [6, 6.07) is 0.392. The van der Waals surface area contributed by atoms with Crippen LogP contribution in [0.1, 0.15) is 32.2 Å². The van der Waals surface area contributed by atoms with Gasteiger partial charge in [0, 0.05) is 20.6 Å². The van der Waals surface area contributed by atoms with Crippen molar-refractivity contribution in [3.05, 3.63) is 5.89 Å². The lowest BCUT2D eigenvalue weighted by Gasteiger charge is -2.20. The number of aromatic nitrogens is 2. The fraction of sp³-hybridized carbons (Fsp3) is 0.750. The van der Waals surface area contributed by atoms with Crippen LogP contribution in [0.5, 0.6) is 0 Å². The van der Waals surface area contributed by atoms with E-state index in [2.05, 4.69) is 15.5 Å². The number of anilines is 1. The topological polar surface area (TPSA) is 74.5 Å². The monoisotopic (exact) mass is 269 g/mol. The van der Waals surface area contributed by atoms with Crippen molar-refractivity contribution in [3.63, 3.8) is 0 Å². The summed E-state index contributed by atoms with van der Waals surface area (Å²) < 4.78 is 5.60. The molecule has 7 nitrogen and oxygen atoms in total. The highest BCUT2D eigenvalue weighted by molar-refractivity contribution is 5.80. The van der Waals surface area contributed by atoms with Gasteiger partial charge in [-0.3, -0.25) is 4.79 Å². The van der Waals surface area contributed by atoms with E-state index in [9.17, 15) is 4.79 Å². The van der Waals surface area contributed by atoms with Gasteiger partial charge in [-0.15, -0.1) is 5.10 Å². The van der Waals surface area contributed by atoms with Gasteiger partial charge in [-0.05, 0) is 20.4 Å². The minimum absolute atomic E-state index is 0.00530. The molecule has 1 N–H and O–H groups in total. The molecule has 0 aromatic carbocycles. The minimum atomic E-state index is -0.00530. The first kappa shape index (κ1) is 15.4. The van der Waals surface area contributed by atoms with Crippen molar-refractivity contribution in [1.29, 1.82) is 0 Å². The Morgan fingerprint density at radius 3 is 2.63 bits per heavy atom. The van der Waals surface area contributed by atoms with Gasteiger partial charge in [0.15, 0.2) is 0 Å². The van der Waals surface area contributed by atoms with Crippen LogP contribution in [-0.4, -0.2) is 55.2 Å². The third-order valence-electron chi connectivity index (χ3n) is 2.82. The summed E-state index contributed by atoms with van der Waals surface area (Å²) >= 11 is 0. The molecular formula is C12H23N5O2. The molecule has 0 saturated heterocycles. The second-order valence-electron chi connectivity index (χ2n) is 4.64. The van der Waals surface area contributed by atoms with Crippen LogP contribution in [0, 0.1) is 0 Å². The smallest absolute Gasteiger partial charge is 0.318 e. The van der Waals surface area contributed by atoms with Gasteiger partial charge < -0.3 is 19.5 Å². The first-order valence-electron chi connectivity index (χ1n) is 6.45. The first-order valence-corrected chi connectivity index (χ1v) is 6.45. The number of nitrogens with zero attached hydrogens (tertiary/aromatic N) is 4. The molecule has 1 amide bonds. The van der Waals surface area contributed by atoms with Crippen molar-refractivity contribution in [2.75, 3.05) is 39.1 Å². The Morgan fingerprint density at radius 1 is 1.42 bits per heavy atom. The number of nitrogens with one attached hydrogen (secondary N) is 1. The van der Waals surface area contributed by atoms with Gasteiger partial charge in [-0.25, -0.2) is 0 Å². The fourth-order valence-corrected chi connectivity index (χ4v) is 1.47. The highest BCUT2D eigenvalue weighted by atomic mass is 16.4. The van der Waals surface area contributed by atoms with E-state index >= 15 is 0 Å². The first-order chi connectivity index (χ1) is 8.99. The van der Waals surface area contributed by atoms with Crippen molar-refractivity contribution >= 4 is 11.9 Å². The van der Waals surface area contributed by atoms with Gasteiger partial charge in [0.25, 0.3) is 0 Å². The van der Waals surface area contributed by atoms with Gasteiger partial charge >= 0.3 is 6.01 Å². The third kappa shape index (κ3) is 4.20. The Labute approximate surface area is 114 Å². The van der Waals surface area contributed by atoms with Crippen molar-refractivity contribution in [1.82, 2.24) is 20.4 Å².